The quantitative estimate of drug-likeness (QED) is 0.838. The number of benzene rings is 1. The van der Waals surface area contributed by atoms with Crippen LogP contribution in [-0.2, 0) is 22.4 Å². The first-order chi connectivity index (χ1) is 12.2. The molecule has 2 N–H and O–H groups in total. The number of hydrogen-bond acceptors (Lipinski definition) is 3. The van der Waals surface area contributed by atoms with Crippen LogP contribution < -0.4 is 10.6 Å². The molecule has 0 radical (unpaired) electrons. The highest BCUT2D eigenvalue weighted by Gasteiger charge is 2.26. The maximum absolute atomic E-state index is 12.6. The van der Waals surface area contributed by atoms with E-state index < -0.39 is 0 Å². The summed E-state index contributed by atoms with van der Waals surface area (Å²) in [5, 5.41) is 5.75. The van der Waals surface area contributed by atoms with Crippen molar-refractivity contribution in [2.75, 3.05) is 31.5 Å². The van der Waals surface area contributed by atoms with E-state index in [1.165, 1.54) is 0 Å². The van der Waals surface area contributed by atoms with Crippen molar-refractivity contribution in [2.24, 2.45) is 0 Å². The molecule has 3 rings (SSSR count). The Bertz CT molecular complexity index is 731. The van der Waals surface area contributed by atoms with Crippen LogP contribution in [0.2, 0.25) is 0 Å². The van der Waals surface area contributed by atoms with E-state index in [2.05, 4.69) is 10.6 Å². The molecule has 1 saturated heterocycles. The normalized spacial score (nSPS) is 17.0. The van der Waals surface area contributed by atoms with Crippen LogP contribution in [0.25, 0.3) is 0 Å². The smallest absolute Gasteiger partial charge is 0.317 e. The molecule has 1 aromatic carbocycles. The summed E-state index contributed by atoms with van der Waals surface area (Å²) in [4.78, 5) is 39.7. The number of nitrogens with zero attached hydrogens (tertiary/aromatic N) is 2. The largest absolute Gasteiger partial charge is 0.339 e. The van der Waals surface area contributed by atoms with Gasteiger partial charge < -0.3 is 20.4 Å². The van der Waals surface area contributed by atoms with Crippen LogP contribution in [0.5, 0.6) is 0 Å². The van der Waals surface area contributed by atoms with E-state index >= 15 is 0 Å². The summed E-state index contributed by atoms with van der Waals surface area (Å²) in [6.45, 7) is 8.01. The molecule has 0 saturated carbocycles. The van der Waals surface area contributed by atoms with E-state index in [9.17, 15) is 14.4 Å². The maximum atomic E-state index is 12.6. The van der Waals surface area contributed by atoms with Gasteiger partial charge in [0.2, 0.25) is 11.8 Å². The van der Waals surface area contributed by atoms with Crippen molar-refractivity contribution < 1.29 is 14.4 Å². The van der Waals surface area contributed by atoms with Crippen molar-refractivity contribution in [3.63, 3.8) is 0 Å². The average Bonchev–Trinajstić information content (AvgIpc) is 2.92. The number of nitrogens with one attached hydrogen (secondary N) is 2. The molecule has 0 atom stereocenters. The standard InChI is InChI=1S/C19H26N4O3/c1-19(2,3)21-18(26)23-8-6-22(7-9-23)17(25)11-13-4-5-15-14(10-13)12-16(24)20-15/h4-5,10H,6-9,11-12H2,1-3H3,(H,20,24)(H,21,26). The Morgan fingerprint density at radius 2 is 1.77 bits per heavy atom. The van der Waals surface area contributed by atoms with Gasteiger partial charge in [-0.3, -0.25) is 9.59 Å². The number of piperazine rings is 1. The molecule has 0 unspecified atom stereocenters. The highest BCUT2D eigenvalue weighted by atomic mass is 16.2. The van der Waals surface area contributed by atoms with Crippen LogP contribution in [0.4, 0.5) is 10.5 Å². The van der Waals surface area contributed by atoms with Gasteiger partial charge in [0, 0.05) is 37.4 Å². The van der Waals surface area contributed by atoms with Crippen LogP contribution >= 0.6 is 0 Å². The topological polar surface area (TPSA) is 81.8 Å². The molecular weight excluding hydrogens is 332 g/mol. The monoisotopic (exact) mass is 358 g/mol. The van der Waals surface area contributed by atoms with Gasteiger partial charge >= 0.3 is 6.03 Å². The lowest BCUT2D eigenvalue weighted by Gasteiger charge is -2.36. The highest BCUT2D eigenvalue weighted by molar-refractivity contribution is 5.99. The molecule has 2 heterocycles. The molecule has 0 spiro atoms. The molecule has 4 amide bonds. The zero-order chi connectivity index (χ0) is 18.9. The molecule has 0 aromatic heterocycles. The van der Waals surface area contributed by atoms with Crippen molar-refractivity contribution >= 4 is 23.5 Å². The fourth-order valence-electron chi connectivity index (χ4n) is 3.24. The van der Waals surface area contributed by atoms with Crippen LogP contribution in [0.3, 0.4) is 0 Å². The number of hydrogen-bond donors (Lipinski definition) is 2. The molecule has 0 bridgehead atoms. The third-order valence-corrected chi connectivity index (χ3v) is 4.55. The van der Waals surface area contributed by atoms with E-state index in [-0.39, 0.29) is 23.4 Å². The van der Waals surface area contributed by atoms with Crippen LogP contribution in [0.1, 0.15) is 31.9 Å². The summed E-state index contributed by atoms with van der Waals surface area (Å²) in [5.41, 5.74) is 2.43. The molecule has 26 heavy (non-hydrogen) atoms. The minimum absolute atomic E-state index is 0.00636. The summed E-state index contributed by atoms with van der Waals surface area (Å²) in [7, 11) is 0. The lowest BCUT2D eigenvalue weighted by atomic mass is 10.1. The van der Waals surface area contributed by atoms with Gasteiger partial charge in [0.15, 0.2) is 0 Å². The van der Waals surface area contributed by atoms with E-state index in [4.69, 9.17) is 0 Å². The van der Waals surface area contributed by atoms with Crippen LogP contribution in [0, 0.1) is 0 Å². The summed E-state index contributed by atoms with van der Waals surface area (Å²) >= 11 is 0. The Kier molecular flexibility index (Phi) is 4.89. The van der Waals surface area contributed by atoms with Gasteiger partial charge in [-0.25, -0.2) is 4.79 Å². The molecule has 0 aliphatic carbocycles. The molecule has 7 nitrogen and oxygen atoms in total. The van der Waals surface area contributed by atoms with Gasteiger partial charge in [-0.1, -0.05) is 12.1 Å². The number of fused-ring (bicyclic) bond motifs is 1. The van der Waals surface area contributed by atoms with E-state index in [0.29, 0.717) is 39.0 Å². The first-order valence-electron chi connectivity index (χ1n) is 8.98. The van der Waals surface area contributed by atoms with E-state index in [1.807, 2.05) is 39.0 Å². The highest BCUT2D eigenvalue weighted by Crippen LogP contribution is 2.24. The Hall–Kier alpha value is -2.57. The van der Waals surface area contributed by atoms with Gasteiger partial charge in [-0.05, 0) is 38.0 Å². The molecule has 2 aliphatic heterocycles. The van der Waals surface area contributed by atoms with Crippen molar-refractivity contribution in [3.05, 3.63) is 29.3 Å². The Morgan fingerprint density at radius 3 is 2.42 bits per heavy atom. The lowest BCUT2D eigenvalue weighted by molar-refractivity contribution is -0.131. The van der Waals surface area contributed by atoms with Gasteiger partial charge in [0.1, 0.15) is 0 Å². The van der Waals surface area contributed by atoms with Gasteiger partial charge in [-0.2, -0.15) is 0 Å². The van der Waals surface area contributed by atoms with E-state index in [1.54, 1.807) is 9.80 Å². The Balaban J connectivity index is 1.52. The maximum Gasteiger partial charge on any atom is 0.317 e. The number of rotatable bonds is 2. The Morgan fingerprint density at radius 1 is 1.12 bits per heavy atom. The SMILES string of the molecule is CC(C)(C)NC(=O)N1CCN(C(=O)Cc2ccc3c(c2)CC(=O)N3)CC1. The summed E-state index contributed by atoms with van der Waals surface area (Å²) in [5.74, 6) is 0.0474. The zero-order valence-electron chi connectivity index (χ0n) is 15.6. The third kappa shape index (κ3) is 4.33. The minimum atomic E-state index is -0.270. The molecular formula is C19H26N4O3. The Labute approximate surface area is 153 Å². The van der Waals surface area contributed by atoms with Crippen molar-refractivity contribution in [1.29, 1.82) is 0 Å². The number of carbonyl (C=O) groups excluding carboxylic acids is 3. The van der Waals surface area contributed by atoms with Crippen molar-refractivity contribution in [1.82, 2.24) is 15.1 Å². The summed E-state index contributed by atoms with van der Waals surface area (Å²) in [6.07, 6.45) is 0.689. The second-order valence-corrected chi connectivity index (χ2v) is 7.94. The molecule has 140 valence electrons. The second kappa shape index (κ2) is 6.97. The fourth-order valence-corrected chi connectivity index (χ4v) is 3.24. The predicted molar refractivity (Wildman–Crippen MR) is 98.9 cm³/mol. The average molecular weight is 358 g/mol. The first-order valence-corrected chi connectivity index (χ1v) is 8.98. The van der Waals surface area contributed by atoms with Crippen LogP contribution in [-0.4, -0.2) is 59.4 Å². The second-order valence-electron chi connectivity index (χ2n) is 7.94. The van der Waals surface area contributed by atoms with Gasteiger partial charge in [-0.15, -0.1) is 0 Å². The van der Waals surface area contributed by atoms with Gasteiger partial charge in [0.05, 0.1) is 12.8 Å². The van der Waals surface area contributed by atoms with E-state index in [0.717, 1.165) is 16.8 Å². The molecule has 7 heteroatoms. The lowest BCUT2D eigenvalue weighted by Crippen LogP contribution is -2.56. The summed E-state index contributed by atoms with van der Waals surface area (Å²) in [6, 6.07) is 5.59. The van der Waals surface area contributed by atoms with Gasteiger partial charge in [0.25, 0.3) is 0 Å². The number of amides is 4. The minimum Gasteiger partial charge on any atom is -0.339 e. The molecule has 1 aromatic rings. The van der Waals surface area contributed by atoms with Crippen molar-refractivity contribution in [2.45, 2.75) is 39.2 Å². The summed E-state index contributed by atoms with van der Waals surface area (Å²) < 4.78 is 0. The number of carbonyl (C=O) groups is 3. The number of anilines is 1. The molecule has 1 fully saturated rings. The third-order valence-electron chi connectivity index (χ3n) is 4.55. The van der Waals surface area contributed by atoms with Crippen LogP contribution in [0.15, 0.2) is 18.2 Å². The molecule has 2 aliphatic rings. The first kappa shape index (κ1) is 18.2. The number of urea groups is 1. The fraction of sp³-hybridized carbons (Fsp3) is 0.526. The van der Waals surface area contributed by atoms with Crippen molar-refractivity contribution in [3.8, 4) is 0 Å². The predicted octanol–water partition coefficient (Wildman–Crippen LogP) is 1.38. The zero-order valence-corrected chi connectivity index (χ0v) is 15.6.